The van der Waals surface area contributed by atoms with Crippen molar-refractivity contribution in [1.82, 2.24) is 9.80 Å². The zero-order chi connectivity index (χ0) is 13.4. The first-order valence-corrected chi connectivity index (χ1v) is 6.46. The topological polar surface area (TPSA) is 81.1 Å². The van der Waals surface area contributed by atoms with Gasteiger partial charge in [-0.15, -0.1) is 0 Å². The smallest absolute Gasteiger partial charge is 0.304 e. The molecule has 0 aliphatic carbocycles. The molecule has 0 aromatic carbocycles. The van der Waals surface area contributed by atoms with Gasteiger partial charge in [0.25, 0.3) is 0 Å². The molecule has 6 nitrogen and oxygen atoms in total. The van der Waals surface area contributed by atoms with E-state index < -0.39 is 11.9 Å². The van der Waals surface area contributed by atoms with Crippen molar-refractivity contribution in [2.75, 3.05) is 39.3 Å². The number of rotatable bonds is 7. The minimum Gasteiger partial charge on any atom is -0.481 e. The Morgan fingerprint density at radius 1 is 0.833 bits per heavy atom. The molecule has 0 bridgehead atoms. The van der Waals surface area contributed by atoms with Gasteiger partial charge in [0.2, 0.25) is 0 Å². The quantitative estimate of drug-likeness (QED) is 0.685. The molecule has 104 valence electrons. The van der Waals surface area contributed by atoms with Gasteiger partial charge in [-0.25, -0.2) is 0 Å². The molecule has 0 aromatic heterocycles. The summed E-state index contributed by atoms with van der Waals surface area (Å²) in [4.78, 5) is 25.4. The van der Waals surface area contributed by atoms with Crippen molar-refractivity contribution in [1.29, 1.82) is 0 Å². The molecule has 1 heterocycles. The van der Waals surface area contributed by atoms with Crippen molar-refractivity contribution in [3.05, 3.63) is 0 Å². The molecule has 18 heavy (non-hydrogen) atoms. The number of nitrogens with zero attached hydrogens (tertiary/aromatic N) is 2. The lowest BCUT2D eigenvalue weighted by molar-refractivity contribution is -0.138. The standard InChI is InChI=1S/C12H22N2O4/c15-11(16)3-1-5-13-6-2-7-14(10-9-13)8-4-12(17)18/h1-10H2,(H,15,16)(H,17,18). The maximum absolute atomic E-state index is 10.5. The summed E-state index contributed by atoms with van der Waals surface area (Å²) in [6.07, 6.45) is 2.12. The van der Waals surface area contributed by atoms with Crippen LogP contribution >= 0.6 is 0 Å². The van der Waals surface area contributed by atoms with E-state index in [0.29, 0.717) is 13.0 Å². The highest BCUT2D eigenvalue weighted by Crippen LogP contribution is 2.05. The van der Waals surface area contributed by atoms with Crippen LogP contribution in [-0.2, 0) is 9.59 Å². The van der Waals surface area contributed by atoms with E-state index in [4.69, 9.17) is 10.2 Å². The molecule has 0 atom stereocenters. The number of carbonyl (C=O) groups is 2. The predicted octanol–water partition coefficient (Wildman–Crippen LogP) is 0.334. The Labute approximate surface area is 107 Å². The molecule has 0 radical (unpaired) electrons. The molecule has 2 N–H and O–H groups in total. The summed E-state index contributed by atoms with van der Waals surface area (Å²) in [5.41, 5.74) is 0. The van der Waals surface area contributed by atoms with Crippen molar-refractivity contribution in [2.24, 2.45) is 0 Å². The molecule has 0 amide bonds. The van der Waals surface area contributed by atoms with Crippen LogP contribution in [0.25, 0.3) is 0 Å². The van der Waals surface area contributed by atoms with E-state index in [2.05, 4.69) is 9.80 Å². The second-order valence-corrected chi connectivity index (χ2v) is 4.68. The van der Waals surface area contributed by atoms with E-state index in [1.165, 1.54) is 0 Å². The third kappa shape index (κ3) is 6.56. The summed E-state index contributed by atoms with van der Waals surface area (Å²) in [5, 5.41) is 17.2. The van der Waals surface area contributed by atoms with Crippen LogP contribution in [0.3, 0.4) is 0 Å². The summed E-state index contributed by atoms with van der Waals surface area (Å²) in [7, 11) is 0. The minimum absolute atomic E-state index is 0.193. The zero-order valence-electron chi connectivity index (χ0n) is 10.7. The van der Waals surface area contributed by atoms with Gasteiger partial charge in [-0.3, -0.25) is 9.59 Å². The normalized spacial score (nSPS) is 18.4. The van der Waals surface area contributed by atoms with Gasteiger partial charge in [0, 0.05) is 26.1 Å². The highest BCUT2D eigenvalue weighted by molar-refractivity contribution is 5.67. The lowest BCUT2D eigenvalue weighted by Gasteiger charge is -2.20. The summed E-state index contributed by atoms with van der Waals surface area (Å²) >= 11 is 0. The van der Waals surface area contributed by atoms with E-state index >= 15 is 0 Å². The van der Waals surface area contributed by atoms with Gasteiger partial charge in [-0.05, 0) is 32.5 Å². The van der Waals surface area contributed by atoms with Crippen LogP contribution in [0.15, 0.2) is 0 Å². The molecule has 1 saturated heterocycles. The van der Waals surface area contributed by atoms with Crippen molar-refractivity contribution < 1.29 is 19.8 Å². The highest BCUT2D eigenvalue weighted by atomic mass is 16.4. The van der Waals surface area contributed by atoms with Gasteiger partial charge in [0.15, 0.2) is 0 Å². The van der Waals surface area contributed by atoms with E-state index in [1.54, 1.807) is 0 Å². The van der Waals surface area contributed by atoms with Crippen LogP contribution < -0.4 is 0 Å². The van der Waals surface area contributed by atoms with Crippen molar-refractivity contribution in [2.45, 2.75) is 25.7 Å². The summed E-state index contributed by atoms with van der Waals surface area (Å²) in [5.74, 6) is -1.49. The summed E-state index contributed by atoms with van der Waals surface area (Å²) < 4.78 is 0. The first kappa shape index (κ1) is 14.9. The van der Waals surface area contributed by atoms with Gasteiger partial charge < -0.3 is 20.0 Å². The van der Waals surface area contributed by atoms with Crippen molar-refractivity contribution in [3.63, 3.8) is 0 Å². The Kier molecular flexibility index (Phi) is 6.67. The molecular formula is C12H22N2O4. The number of hydrogen-bond donors (Lipinski definition) is 2. The van der Waals surface area contributed by atoms with Crippen molar-refractivity contribution >= 4 is 11.9 Å². The molecule has 1 aliphatic rings. The number of hydrogen-bond acceptors (Lipinski definition) is 4. The zero-order valence-corrected chi connectivity index (χ0v) is 10.7. The first-order chi connectivity index (χ1) is 8.58. The van der Waals surface area contributed by atoms with Crippen LogP contribution in [0, 0.1) is 0 Å². The number of carboxylic acids is 2. The van der Waals surface area contributed by atoms with Gasteiger partial charge >= 0.3 is 11.9 Å². The summed E-state index contributed by atoms with van der Waals surface area (Å²) in [6.45, 7) is 5.11. The van der Waals surface area contributed by atoms with Crippen LogP contribution in [0.5, 0.6) is 0 Å². The molecule has 1 rings (SSSR count). The highest BCUT2D eigenvalue weighted by Gasteiger charge is 2.15. The Bertz CT molecular complexity index is 283. The maximum atomic E-state index is 10.5. The van der Waals surface area contributed by atoms with E-state index in [0.717, 1.165) is 39.1 Å². The minimum atomic E-state index is -0.752. The largest absolute Gasteiger partial charge is 0.481 e. The molecule has 0 saturated carbocycles. The maximum Gasteiger partial charge on any atom is 0.304 e. The molecule has 1 fully saturated rings. The van der Waals surface area contributed by atoms with E-state index in [-0.39, 0.29) is 12.8 Å². The Hall–Kier alpha value is -1.14. The Morgan fingerprint density at radius 2 is 1.39 bits per heavy atom. The average molecular weight is 258 g/mol. The van der Waals surface area contributed by atoms with Crippen LogP contribution in [-0.4, -0.2) is 71.2 Å². The fourth-order valence-electron chi connectivity index (χ4n) is 2.18. The van der Waals surface area contributed by atoms with Crippen LogP contribution in [0.4, 0.5) is 0 Å². The number of aliphatic carboxylic acids is 2. The van der Waals surface area contributed by atoms with Gasteiger partial charge in [0.05, 0.1) is 6.42 Å². The second-order valence-electron chi connectivity index (χ2n) is 4.68. The first-order valence-electron chi connectivity index (χ1n) is 6.46. The molecular weight excluding hydrogens is 236 g/mol. The van der Waals surface area contributed by atoms with Crippen LogP contribution in [0.2, 0.25) is 0 Å². The molecule has 0 aromatic rings. The Morgan fingerprint density at radius 3 is 1.94 bits per heavy atom. The van der Waals surface area contributed by atoms with E-state index in [1.807, 2.05) is 0 Å². The van der Waals surface area contributed by atoms with Gasteiger partial charge in [-0.1, -0.05) is 0 Å². The second kappa shape index (κ2) is 8.05. The molecule has 6 heteroatoms. The SMILES string of the molecule is O=C(O)CCCN1CCCN(CCC(=O)O)CC1. The lowest BCUT2D eigenvalue weighted by Crippen LogP contribution is -2.32. The molecule has 0 spiro atoms. The lowest BCUT2D eigenvalue weighted by atomic mass is 10.3. The molecule has 0 unspecified atom stereocenters. The molecule has 1 aliphatic heterocycles. The average Bonchev–Trinajstić information content (AvgIpc) is 2.51. The third-order valence-electron chi connectivity index (χ3n) is 3.19. The Balaban J connectivity index is 2.19. The van der Waals surface area contributed by atoms with Crippen molar-refractivity contribution in [3.8, 4) is 0 Å². The number of carboxylic acid groups (broad SMARTS) is 2. The van der Waals surface area contributed by atoms with E-state index in [9.17, 15) is 9.59 Å². The van der Waals surface area contributed by atoms with Gasteiger partial charge in [-0.2, -0.15) is 0 Å². The fourth-order valence-corrected chi connectivity index (χ4v) is 2.18. The predicted molar refractivity (Wildman–Crippen MR) is 66.6 cm³/mol. The summed E-state index contributed by atoms with van der Waals surface area (Å²) in [6, 6.07) is 0. The monoisotopic (exact) mass is 258 g/mol. The third-order valence-corrected chi connectivity index (χ3v) is 3.19. The van der Waals surface area contributed by atoms with Gasteiger partial charge in [0.1, 0.15) is 0 Å². The van der Waals surface area contributed by atoms with Crippen LogP contribution in [0.1, 0.15) is 25.7 Å². The fraction of sp³-hybridized carbons (Fsp3) is 0.833.